The number of amides is 2. The summed E-state index contributed by atoms with van der Waals surface area (Å²) >= 11 is 1.53. The molecule has 5 rings (SSSR count). The average Bonchev–Trinajstić information content (AvgIpc) is 3.52. The van der Waals surface area contributed by atoms with Crippen molar-refractivity contribution in [2.75, 3.05) is 27.2 Å². The number of carbonyl (C=O) groups is 2. The van der Waals surface area contributed by atoms with E-state index in [0.29, 0.717) is 57.6 Å². The Bertz CT molecular complexity index is 1660. The fourth-order valence-corrected chi connectivity index (χ4v) is 7.12. The topological polar surface area (TPSA) is 163 Å². The van der Waals surface area contributed by atoms with Crippen molar-refractivity contribution in [3.63, 3.8) is 0 Å². The molecule has 4 aromatic rings. The smallest absolute Gasteiger partial charge is 0.238 e. The predicted octanol–water partition coefficient (Wildman–Crippen LogP) is 3.66. The van der Waals surface area contributed by atoms with Gasteiger partial charge in [-0.05, 0) is 106 Å². The molecule has 2 aromatic heterocycles. The van der Waals surface area contributed by atoms with Gasteiger partial charge in [0.25, 0.3) is 0 Å². The number of nitrogens with two attached hydrogens (primary N) is 2. The Morgan fingerprint density at radius 1 is 0.958 bits per heavy atom. The Labute approximate surface area is 287 Å². The Morgan fingerprint density at radius 2 is 1.79 bits per heavy atom. The van der Waals surface area contributed by atoms with Crippen LogP contribution in [0.2, 0.25) is 0 Å². The number of hydrogen-bond donors (Lipinski definition) is 6. The van der Waals surface area contributed by atoms with Gasteiger partial charge in [0.15, 0.2) is 0 Å². The Hall–Kier alpha value is -3.94. The van der Waals surface area contributed by atoms with Crippen LogP contribution in [0.4, 0.5) is 0 Å². The number of carbonyl (C=O) groups excluding carboxylic acids is 2. The number of para-hydroxylation sites is 1. The lowest BCUT2D eigenvalue weighted by atomic mass is 10.0. The van der Waals surface area contributed by atoms with Gasteiger partial charge in [0.2, 0.25) is 11.8 Å². The van der Waals surface area contributed by atoms with Gasteiger partial charge < -0.3 is 37.1 Å². The Kier molecular flexibility index (Phi) is 12.9. The number of fused-ring (bicyclic) bond motifs is 3. The minimum absolute atomic E-state index is 0.123. The quantitative estimate of drug-likeness (QED) is 0.138. The van der Waals surface area contributed by atoms with Crippen LogP contribution in [0.1, 0.15) is 48.8 Å². The molecule has 0 bridgehead atoms. The molecule has 3 unspecified atom stereocenters. The Balaban J connectivity index is 1.55. The highest BCUT2D eigenvalue weighted by molar-refractivity contribution is 7.99. The second-order valence-electron chi connectivity index (χ2n) is 12.2. The molecule has 256 valence electrons. The zero-order valence-corrected chi connectivity index (χ0v) is 28.7. The normalized spacial score (nSPS) is 19.7. The summed E-state index contributed by atoms with van der Waals surface area (Å²) < 4.78 is 5.56. The zero-order valence-electron chi connectivity index (χ0n) is 27.8. The number of benzene rings is 2. The summed E-state index contributed by atoms with van der Waals surface area (Å²) in [7, 11) is 3.56. The van der Waals surface area contributed by atoms with Crippen molar-refractivity contribution in [3.05, 3.63) is 83.7 Å². The minimum Gasteiger partial charge on any atom is -0.497 e. The molecule has 0 aliphatic carbocycles. The van der Waals surface area contributed by atoms with E-state index in [0.717, 1.165) is 50.4 Å². The van der Waals surface area contributed by atoms with E-state index in [1.54, 1.807) is 13.3 Å². The maximum atomic E-state index is 14.3. The molecule has 2 aromatic carbocycles. The molecular weight excluding hydrogens is 625 g/mol. The van der Waals surface area contributed by atoms with Crippen molar-refractivity contribution in [1.82, 2.24) is 30.8 Å². The summed E-state index contributed by atoms with van der Waals surface area (Å²) in [5, 5.41) is 11.9. The number of aromatic nitrogens is 2. The second kappa shape index (κ2) is 17.5. The van der Waals surface area contributed by atoms with Crippen LogP contribution < -0.4 is 32.2 Å². The van der Waals surface area contributed by atoms with Gasteiger partial charge in [0.1, 0.15) is 10.8 Å². The van der Waals surface area contributed by atoms with E-state index in [9.17, 15) is 9.59 Å². The van der Waals surface area contributed by atoms with Crippen LogP contribution in [0.5, 0.6) is 5.75 Å². The van der Waals surface area contributed by atoms with Gasteiger partial charge in [-0.15, -0.1) is 0 Å². The molecule has 48 heavy (non-hydrogen) atoms. The molecule has 12 heteroatoms. The first-order valence-corrected chi connectivity index (χ1v) is 17.5. The zero-order chi connectivity index (χ0) is 33.9. The van der Waals surface area contributed by atoms with Gasteiger partial charge in [0, 0.05) is 41.3 Å². The van der Waals surface area contributed by atoms with Gasteiger partial charge in [-0.25, -0.2) is 4.98 Å². The molecule has 0 saturated carbocycles. The monoisotopic (exact) mass is 672 g/mol. The van der Waals surface area contributed by atoms with E-state index < -0.39 is 18.2 Å². The summed E-state index contributed by atoms with van der Waals surface area (Å²) in [6, 6.07) is 16.8. The lowest BCUT2D eigenvalue weighted by Crippen LogP contribution is -2.58. The highest BCUT2D eigenvalue weighted by Gasteiger charge is 2.32. The molecule has 1 aliphatic rings. The molecule has 1 aliphatic heterocycles. The van der Waals surface area contributed by atoms with Crippen LogP contribution in [0.25, 0.3) is 10.9 Å². The average molecular weight is 673 g/mol. The number of ether oxygens (including phenoxy) is 1. The van der Waals surface area contributed by atoms with Crippen molar-refractivity contribution in [2.45, 2.75) is 79.8 Å². The van der Waals surface area contributed by atoms with Crippen LogP contribution in [0, 0.1) is 0 Å². The maximum Gasteiger partial charge on any atom is 0.238 e. The van der Waals surface area contributed by atoms with Crippen molar-refractivity contribution in [2.24, 2.45) is 11.5 Å². The van der Waals surface area contributed by atoms with Gasteiger partial charge >= 0.3 is 0 Å². The van der Waals surface area contributed by atoms with E-state index in [1.165, 1.54) is 11.8 Å². The maximum absolute atomic E-state index is 14.3. The van der Waals surface area contributed by atoms with Crippen molar-refractivity contribution in [1.29, 1.82) is 0 Å². The third-order valence-electron chi connectivity index (χ3n) is 8.94. The highest BCUT2D eigenvalue weighted by Crippen LogP contribution is 2.34. The first-order chi connectivity index (χ1) is 23.4. The molecule has 0 fully saturated rings. The van der Waals surface area contributed by atoms with Crippen molar-refractivity contribution in [3.8, 4) is 5.75 Å². The fraction of sp³-hybridized carbons (Fsp3) is 0.417. The van der Waals surface area contributed by atoms with E-state index in [4.69, 9.17) is 21.2 Å². The second-order valence-corrected chi connectivity index (χ2v) is 13.2. The van der Waals surface area contributed by atoms with E-state index in [-0.39, 0.29) is 11.8 Å². The summed E-state index contributed by atoms with van der Waals surface area (Å²) in [5.41, 5.74) is 15.7. The molecule has 8 N–H and O–H groups in total. The largest absolute Gasteiger partial charge is 0.497 e. The first kappa shape index (κ1) is 35.4. The van der Waals surface area contributed by atoms with Crippen LogP contribution in [-0.2, 0) is 29.1 Å². The number of methoxy groups -OCH3 is 1. The number of nitrogens with one attached hydrogen (secondary N) is 4. The third kappa shape index (κ3) is 8.94. The number of H-pyrrole nitrogens is 1. The molecule has 3 atom stereocenters. The van der Waals surface area contributed by atoms with Gasteiger partial charge in [0.05, 0.1) is 25.4 Å². The van der Waals surface area contributed by atoms with E-state index >= 15 is 0 Å². The van der Waals surface area contributed by atoms with E-state index in [2.05, 4.69) is 27.0 Å². The van der Waals surface area contributed by atoms with Crippen molar-refractivity contribution >= 4 is 34.5 Å². The summed E-state index contributed by atoms with van der Waals surface area (Å²) in [4.78, 5) is 39.4. The van der Waals surface area contributed by atoms with E-state index in [1.807, 2.05) is 66.7 Å². The molecule has 0 spiro atoms. The van der Waals surface area contributed by atoms with Gasteiger partial charge in [-0.2, -0.15) is 0 Å². The number of likely N-dealkylation sites (N-methyl/N-ethyl adjacent to an activating group) is 1. The fourth-order valence-electron chi connectivity index (χ4n) is 6.13. The molecule has 0 radical (unpaired) electrons. The first-order valence-electron chi connectivity index (χ1n) is 16.7. The summed E-state index contributed by atoms with van der Waals surface area (Å²) in [6.45, 7) is 1.78. The standard InChI is InChI=1S/C36H48N8O3S/c1-44-31(20-25-22-40-29-11-4-3-10-28(25)29)35(46)42-23-26-19-27(47-2)14-15-32(26)48-36-24(9-8-18-39-36)21-41-30(12-7-17-38)34(45)43-33(44)13-5-6-16-37/h3-4,8-11,14-15,18-19,22,30-31,33,40-41H,5-7,12-13,16-17,20-21,23,37-38H2,1-2H3,(H,42,46)(H,43,45). The SMILES string of the molecule is COc1ccc2c(c1)CNC(=O)C(Cc1c[nH]c3ccccc13)N(C)C(CCCCN)NC(=O)C(CCCN)NCc1cccnc1S2. The number of unbranched alkanes of at least 4 members (excludes halogenated alkanes) is 1. The summed E-state index contributed by atoms with van der Waals surface area (Å²) in [5.74, 6) is 0.448. The van der Waals surface area contributed by atoms with Crippen LogP contribution in [-0.4, -0.2) is 72.2 Å². The summed E-state index contributed by atoms with van der Waals surface area (Å²) in [6.07, 6.45) is 7.31. The van der Waals surface area contributed by atoms with Crippen LogP contribution in [0.15, 0.2) is 76.9 Å². The molecule has 0 saturated heterocycles. The van der Waals surface area contributed by atoms with Crippen LogP contribution in [0.3, 0.4) is 0 Å². The lowest BCUT2D eigenvalue weighted by Gasteiger charge is -2.36. The predicted molar refractivity (Wildman–Crippen MR) is 191 cm³/mol. The number of hydrogen-bond acceptors (Lipinski definition) is 9. The lowest BCUT2D eigenvalue weighted by molar-refractivity contribution is -0.131. The third-order valence-corrected chi connectivity index (χ3v) is 10.1. The molecule has 11 nitrogen and oxygen atoms in total. The molecule has 2 amide bonds. The number of aromatic amines is 1. The molecular formula is C36H48N8O3S. The van der Waals surface area contributed by atoms with Gasteiger partial charge in [-0.1, -0.05) is 36.0 Å². The van der Waals surface area contributed by atoms with Gasteiger partial charge in [-0.3, -0.25) is 14.5 Å². The number of pyridine rings is 1. The molecule has 3 heterocycles. The number of rotatable bonds is 10. The van der Waals surface area contributed by atoms with Crippen LogP contribution >= 0.6 is 11.8 Å². The van der Waals surface area contributed by atoms with Crippen molar-refractivity contribution < 1.29 is 14.3 Å². The minimum atomic E-state index is -0.583. The Morgan fingerprint density at radius 3 is 2.60 bits per heavy atom. The highest BCUT2D eigenvalue weighted by atomic mass is 32.2. The number of nitrogens with zero attached hydrogens (tertiary/aromatic N) is 2.